The summed E-state index contributed by atoms with van der Waals surface area (Å²) in [4.78, 5) is 1.49. The molecule has 2 heterocycles. The van der Waals surface area contributed by atoms with E-state index in [4.69, 9.17) is 5.73 Å². The van der Waals surface area contributed by atoms with Crippen LogP contribution < -0.4 is 5.73 Å². The molecule has 0 spiro atoms. The van der Waals surface area contributed by atoms with Crippen LogP contribution >= 0.6 is 0 Å². The minimum Gasteiger partial charge on any atom is -0.506 e. The van der Waals surface area contributed by atoms with Crippen molar-refractivity contribution in [1.29, 1.82) is 0 Å². The Bertz CT molecular complexity index is 799. The summed E-state index contributed by atoms with van der Waals surface area (Å²) in [6.07, 6.45) is 1.50. The topological polar surface area (TPSA) is 129 Å². The Hall–Kier alpha value is -3.10. The minimum atomic E-state index is -0.0768. The van der Waals surface area contributed by atoms with Crippen LogP contribution in [0.4, 0.5) is 5.69 Å². The molecular weight excluding hydrogens is 284 g/mol. The second kappa shape index (κ2) is 5.35. The maximum absolute atomic E-state index is 10.0. The molecule has 0 aliphatic heterocycles. The number of rotatable bonds is 3. The highest BCUT2D eigenvalue weighted by molar-refractivity contribution is 5.82. The van der Waals surface area contributed by atoms with Crippen LogP contribution in [0.1, 0.15) is 19.9 Å². The van der Waals surface area contributed by atoms with Gasteiger partial charge in [0.25, 0.3) is 0 Å². The molecule has 0 aliphatic carbocycles. The Labute approximate surface area is 125 Å². The van der Waals surface area contributed by atoms with E-state index in [9.17, 15) is 5.11 Å². The van der Waals surface area contributed by atoms with Crippen molar-refractivity contribution in [3.05, 3.63) is 24.4 Å². The second-order valence-electron chi connectivity index (χ2n) is 4.99. The number of nitrogen functional groups attached to an aromatic ring is 1. The molecule has 1 aromatic carbocycles. The SMILES string of the molecule is CC(C)n1nnc(-c2cc(O)c(N)c(-c3ccnnn3)c2)n1. The van der Waals surface area contributed by atoms with E-state index in [1.165, 1.54) is 17.1 Å². The molecule has 0 saturated heterocycles. The van der Waals surface area contributed by atoms with E-state index >= 15 is 0 Å². The van der Waals surface area contributed by atoms with Gasteiger partial charge in [0.1, 0.15) is 5.75 Å². The predicted octanol–water partition coefficient (Wildman–Crippen LogP) is 1.06. The van der Waals surface area contributed by atoms with Gasteiger partial charge in [-0.1, -0.05) is 0 Å². The highest BCUT2D eigenvalue weighted by atomic mass is 16.3. The van der Waals surface area contributed by atoms with E-state index in [2.05, 4.69) is 30.8 Å². The van der Waals surface area contributed by atoms with Crippen LogP contribution in [0.15, 0.2) is 24.4 Å². The fraction of sp³-hybridized carbons (Fsp3) is 0.231. The van der Waals surface area contributed by atoms with Gasteiger partial charge in [0, 0.05) is 11.1 Å². The van der Waals surface area contributed by atoms with Gasteiger partial charge in [-0.15, -0.1) is 20.4 Å². The number of phenols is 1. The van der Waals surface area contributed by atoms with Gasteiger partial charge in [-0.05, 0) is 42.5 Å². The Morgan fingerprint density at radius 2 is 2.05 bits per heavy atom. The highest BCUT2D eigenvalue weighted by Crippen LogP contribution is 2.35. The zero-order chi connectivity index (χ0) is 15.7. The molecule has 0 unspecified atom stereocenters. The van der Waals surface area contributed by atoms with E-state index in [1.807, 2.05) is 13.8 Å². The zero-order valence-electron chi connectivity index (χ0n) is 12.0. The fourth-order valence-electron chi connectivity index (χ4n) is 1.92. The molecule has 0 saturated carbocycles. The van der Waals surface area contributed by atoms with Crippen molar-refractivity contribution in [3.63, 3.8) is 0 Å². The molecule has 0 atom stereocenters. The Balaban J connectivity index is 2.12. The third-order valence-corrected chi connectivity index (χ3v) is 3.09. The van der Waals surface area contributed by atoms with E-state index in [0.717, 1.165) is 0 Å². The van der Waals surface area contributed by atoms with Crippen LogP contribution in [-0.2, 0) is 0 Å². The molecule has 0 radical (unpaired) electrons. The molecule has 0 aliphatic rings. The summed E-state index contributed by atoms with van der Waals surface area (Å²) in [7, 11) is 0. The van der Waals surface area contributed by atoms with E-state index in [-0.39, 0.29) is 17.5 Å². The van der Waals surface area contributed by atoms with Crippen LogP contribution in [0.3, 0.4) is 0 Å². The summed E-state index contributed by atoms with van der Waals surface area (Å²) in [6, 6.07) is 4.98. The van der Waals surface area contributed by atoms with Gasteiger partial charge in [-0.3, -0.25) is 0 Å². The third kappa shape index (κ3) is 2.43. The number of hydrogen-bond acceptors (Lipinski definition) is 8. The molecule has 0 fully saturated rings. The van der Waals surface area contributed by atoms with Crippen LogP contribution in [0.25, 0.3) is 22.6 Å². The summed E-state index contributed by atoms with van der Waals surface area (Å²) < 4.78 is 0. The largest absolute Gasteiger partial charge is 0.506 e. The van der Waals surface area contributed by atoms with Gasteiger partial charge >= 0.3 is 0 Å². The third-order valence-electron chi connectivity index (χ3n) is 3.09. The molecule has 22 heavy (non-hydrogen) atoms. The zero-order valence-corrected chi connectivity index (χ0v) is 12.0. The van der Waals surface area contributed by atoms with Gasteiger partial charge in [0.2, 0.25) is 5.82 Å². The summed E-state index contributed by atoms with van der Waals surface area (Å²) in [5.41, 5.74) is 7.75. The number of nitrogens with zero attached hydrogens (tertiary/aromatic N) is 7. The average Bonchev–Trinajstić information content (AvgIpc) is 3.01. The van der Waals surface area contributed by atoms with E-state index in [0.29, 0.717) is 22.6 Å². The molecule has 3 aromatic rings. The van der Waals surface area contributed by atoms with E-state index < -0.39 is 0 Å². The smallest absolute Gasteiger partial charge is 0.205 e. The first-order valence-electron chi connectivity index (χ1n) is 6.63. The van der Waals surface area contributed by atoms with Gasteiger partial charge in [-0.25, -0.2) is 0 Å². The van der Waals surface area contributed by atoms with Crippen LogP contribution in [0.2, 0.25) is 0 Å². The Morgan fingerprint density at radius 3 is 2.68 bits per heavy atom. The molecule has 2 aromatic heterocycles. The number of aromatic nitrogens is 7. The Morgan fingerprint density at radius 1 is 1.23 bits per heavy atom. The van der Waals surface area contributed by atoms with Gasteiger partial charge < -0.3 is 10.8 Å². The number of benzene rings is 1. The molecule has 112 valence electrons. The number of anilines is 1. The number of aromatic hydroxyl groups is 1. The number of tetrazole rings is 1. The van der Waals surface area contributed by atoms with Crippen molar-refractivity contribution in [2.24, 2.45) is 0 Å². The van der Waals surface area contributed by atoms with Crippen molar-refractivity contribution in [1.82, 2.24) is 35.6 Å². The monoisotopic (exact) mass is 298 g/mol. The second-order valence-corrected chi connectivity index (χ2v) is 4.99. The van der Waals surface area contributed by atoms with Gasteiger partial charge in [0.05, 0.1) is 23.6 Å². The van der Waals surface area contributed by atoms with Crippen LogP contribution in [0.5, 0.6) is 5.75 Å². The lowest BCUT2D eigenvalue weighted by atomic mass is 10.0. The maximum atomic E-state index is 10.0. The van der Waals surface area contributed by atoms with Gasteiger partial charge in [-0.2, -0.15) is 4.80 Å². The number of nitrogens with two attached hydrogens (primary N) is 1. The summed E-state index contributed by atoms with van der Waals surface area (Å²) in [5.74, 6) is 0.319. The average molecular weight is 298 g/mol. The lowest BCUT2D eigenvalue weighted by Gasteiger charge is -2.08. The van der Waals surface area contributed by atoms with Crippen molar-refractivity contribution in [3.8, 4) is 28.4 Å². The first kappa shape index (κ1) is 13.9. The molecule has 0 amide bonds. The van der Waals surface area contributed by atoms with Gasteiger partial charge in [0.15, 0.2) is 0 Å². The number of hydrogen-bond donors (Lipinski definition) is 2. The molecular formula is C13H14N8O. The standard InChI is InChI=1S/C13H14N8O/c1-7(2)21-18-13(17-20-21)8-5-9(12(14)11(22)6-8)10-3-4-15-19-16-10/h3-7,22H,14H2,1-2H3. The molecule has 3 N–H and O–H groups in total. The lowest BCUT2D eigenvalue weighted by Crippen LogP contribution is -2.04. The normalized spacial score (nSPS) is 11.0. The van der Waals surface area contributed by atoms with E-state index in [1.54, 1.807) is 12.1 Å². The van der Waals surface area contributed by atoms with Crippen LogP contribution in [-0.4, -0.2) is 40.7 Å². The molecule has 9 nitrogen and oxygen atoms in total. The minimum absolute atomic E-state index is 0.0768. The Kier molecular flexibility index (Phi) is 3.37. The van der Waals surface area contributed by atoms with Crippen molar-refractivity contribution in [2.45, 2.75) is 19.9 Å². The highest BCUT2D eigenvalue weighted by Gasteiger charge is 2.15. The predicted molar refractivity (Wildman–Crippen MR) is 78.5 cm³/mol. The fourth-order valence-corrected chi connectivity index (χ4v) is 1.92. The van der Waals surface area contributed by atoms with Crippen molar-refractivity contribution < 1.29 is 5.11 Å². The summed E-state index contributed by atoms with van der Waals surface area (Å²) in [5, 5.41) is 33.4. The maximum Gasteiger partial charge on any atom is 0.205 e. The summed E-state index contributed by atoms with van der Waals surface area (Å²) >= 11 is 0. The van der Waals surface area contributed by atoms with Crippen molar-refractivity contribution >= 4 is 5.69 Å². The molecule has 9 heteroatoms. The summed E-state index contributed by atoms with van der Waals surface area (Å²) in [6.45, 7) is 3.90. The first-order chi connectivity index (χ1) is 10.6. The molecule has 0 bridgehead atoms. The first-order valence-corrected chi connectivity index (χ1v) is 6.63. The number of phenolic OH excluding ortho intramolecular Hbond substituents is 1. The lowest BCUT2D eigenvalue weighted by molar-refractivity contribution is 0.455. The quantitative estimate of drug-likeness (QED) is 0.542. The van der Waals surface area contributed by atoms with Crippen molar-refractivity contribution in [2.75, 3.05) is 5.73 Å². The van der Waals surface area contributed by atoms with Crippen LogP contribution in [0, 0.1) is 0 Å². The molecule has 3 rings (SSSR count).